The van der Waals surface area contributed by atoms with Crippen LogP contribution in [0.25, 0.3) is 0 Å². The van der Waals surface area contributed by atoms with Gasteiger partial charge < -0.3 is 19.1 Å². The highest BCUT2D eigenvalue weighted by Crippen LogP contribution is 2.45. The number of aliphatic hydroxyl groups excluding tert-OH is 1. The van der Waals surface area contributed by atoms with Crippen LogP contribution in [0.5, 0.6) is 5.75 Å². The average molecular weight is 483 g/mol. The molecule has 180 valence electrons. The number of hydrogen-bond donors (Lipinski definition) is 3. The summed E-state index contributed by atoms with van der Waals surface area (Å²) in [5, 5.41) is 12.9. The first-order valence-electron chi connectivity index (χ1n) is 10.1. The van der Waals surface area contributed by atoms with Crippen molar-refractivity contribution in [2.24, 2.45) is 0 Å². The van der Waals surface area contributed by atoms with E-state index in [2.05, 4.69) is 14.8 Å². The van der Waals surface area contributed by atoms with E-state index >= 15 is 0 Å². The second kappa shape index (κ2) is 10.4. The van der Waals surface area contributed by atoms with Gasteiger partial charge in [0.05, 0.1) is 19.8 Å². The summed E-state index contributed by atoms with van der Waals surface area (Å²) in [5.74, 6) is -0.452. The van der Waals surface area contributed by atoms with Crippen LogP contribution in [0.3, 0.4) is 0 Å². The molecule has 1 saturated heterocycles. The zero-order valence-electron chi connectivity index (χ0n) is 18.3. The zero-order valence-corrected chi connectivity index (χ0v) is 19.2. The zero-order chi connectivity index (χ0) is 24.2. The number of hydrogen-bond acceptors (Lipinski definition) is 9. The van der Waals surface area contributed by atoms with E-state index in [0.29, 0.717) is 5.56 Å². The topological polar surface area (TPSA) is 158 Å². The molecule has 3 rings (SSSR count). The van der Waals surface area contributed by atoms with Crippen LogP contribution in [-0.4, -0.2) is 52.6 Å². The third-order valence-corrected chi connectivity index (χ3v) is 6.59. The standard InChI is InChI=1S/C20H26N3O9P/c1-12-10-23(20(27)21-18(12)25)17-9-15(24)16(31-17)11-30-33(28,22-13(2)19(26)29-3)32-14-7-5-4-6-8-14/h4-8,10,13,15-17,24H,9,11H2,1-3H3,(H,22,28)(H,21,25,27)/t13-,15+,16+,17+,33?/m0/s1. The number of aromatic nitrogens is 2. The Labute approximate surface area is 189 Å². The second-order valence-electron chi connectivity index (χ2n) is 7.48. The number of aryl methyl sites for hydroxylation is 1. The second-order valence-corrected chi connectivity index (χ2v) is 9.18. The smallest absolute Gasteiger partial charge is 0.459 e. The van der Waals surface area contributed by atoms with Crippen LogP contribution >= 0.6 is 7.75 Å². The van der Waals surface area contributed by atoms with Gasteiger partial charge in [-0.15, -0.1) is 0 Å². The van der Waals surface area contributed by atoms with E-state index < -0.39 is 49.4 Å². The molecule has 1 aliphatic heterocycles. The minimum Gasteiger partial charge on any atom is -0.468 e. The Morgan fingerprint density at radius 1 is 1.36 bits per heavy atom. The van der Waals surface area contributed by atoms with Gasteiger partial charge in [-0.2, -0.15) is 5.09 Å². The van der Waals surface area contributed by atoms with E-state index in [1.807, 2.05) is 0 Å². The van der Waals surface area contributed by atoms with Crippen molar-refractivity contribution in [1.82, 2.24) is 14.6 Å². The Balaban J connectivity index is 1.73. The molecule has 1 unspecified atom stereocenters. The van der Waals surface area contributed by atoms with Crippen LogP contribution in [0, 0.1) is 6.92 Å². The quantitative estimate of drug-likeness (QED) is 0.345. The summed E-state index contributed by atoms with van der Waals surface area (Å²) in [6.07, 6.45) is -1.51. The highest BCUT2D eigenvalue weighted by Gasteiger charge is 2.39. The Kier molecular flexibility index (Phi) is 7.88. The molecule has 0 aliphatic carbocycles. The van der Waals surface area contributed by atoms with Crippen LogP contribution in [0.1, 0.15) is 25.1 Å². The maximum Gasteiger partial charge on any atom is 0.459 e. The van der Waals surface area contributed by atoms with E-state index in [1.54, 1.807) is 30.3 Å². The minimum atomic E-state index is -4.12. The van der Waals surface area contributed by atoms with Crippen LogP contribution < -0.4 is 20.9 Å². The number of benzene rings is 1. The molecule has 1 aliphatic rings. The molecule has 33 heavy (non-hydrogen) atoms. The molecule has 0 radical (unpaired) electrons. The minimum absolute atomic E-state index is 0.0370. The van der Waals surface area contributed by atoms with Crippen LogP contribution in [0.2, 0.25) is 0 Å². The van der Waals surface area contributed by atoms with Gasteiger partial charge in [-0.3, -0.25) is 23.7 Å². The fourth-order valence-electron chi connectivity index (χ4n) is 3.18. The third-order valence-electron chi connectivity index (χ3n) is 4.94. The lowest BCUT2D eigenvalue weighted by atomic mass is 10.2. The summed E-state index contributed by atoms with van der Waals surface area (Å²) in [4.78, 5) is 37.7. The Hall–Kier alpha value is -2.76. The van der Waals surface area contributed by atoms with E-state index in [4.69, 9.17) is 13.8 Å². The van der Waals surface area contributed by atoms with Crippen molar-refractivity contribution in [1.29, 1.82) is 0 Å². The monoisotopic (exact) mass is 483 g/mol. The van der Waals surface area contributed by atoms with Crippen molar-refractivity contribution in [2.75, 3.05) is 13.7 Å². The van der Waals surface area contributed by atoms with Gasteiger partial charge in [0, 0.05) is 18.2 Å². The molecule has 3 N–H and O–H groups in total. The van der Waals surface area contributed by atoms with E-state index in [1.165, 1.54) is 27.2 Å². The number of carbonyl (C=O) groups excluding carboxylic acids is 1. The molecule has 0 bridgehead atoms. The number of para-hydroxylation sites is 1. The lowest BCUT2D eigenvalue weighted by Crippen LogP contribution is -2.36. The van der Waals surface area contributed by atoms with Gasteiger partial charge in [0.25, 0.3) is 5.56 Å². The number of methoxy groups -OCH3 is 1. The molecule has 0 saturated carbocycles. The Morgan fingerprint density at radius 3 is 2.73 bits per heavy atom. The Morgan fingerprint density at radius 2 is 2.06 bits per heavy atom. The number of aliphatic hydroxyl groups is 1. The lowest BCUT2D eigenvalue weighted by molar-refractivity contribution is -0.142. The lowest BCUT2D eigenvalue weighted by Gasteiger charge is -2.24. The van der Waals surface area contributed by atoms with Crippen LogP contribution in [-0.2, 0) is 23.4 Å². The van der Waals surface area contributed by atoms with Crippen LogP contribution in [0.4, 0.5) is 0 Å². The van der Waals surface area contributed by atoms with Crippen molar-refractivity contribution < 1.29 is 33.0 Å². The largest absolute Gasteiger partial charge is 0.468 e. The van der Waals surface area contributed by atoms with Gasteiger partial charge in [0.1, 0.15) is 24.1 Å². The highest BCUT2D eigenvalue weighted by atomic mass is 31.2. The van der Waals surface area contributed by atoms with Crippen molar-refractivity contribution in [3.63, 3.8) is 0 Å². The molecule has 0 spiro atoms. The maximum atomic E-state index is 13.4. The number of carbonyl (C=O) groups is 1. The maximum absolute atomic E-state index is 13.4. The number of esters is 1. The summed E-state index contributed by atoms with van der Waals surface area (Å²) in [7, 11) is -2.93. The summed E-state index contributed by atoms with van der Waals surface area (Å²) < 4.78 is 35.9. The first kappa shape index (κ1) is 24.9. The van der Waals surface area contributed by atoms with Gasteiger partial charge in [0.2, 0.25) is 0 Å². The Bertz CT molecular complexity index is 1130. The molecule has 0 amide bonds. The summed E-state index contributed by atoms with van der Waals surface area (Å²) in [6, 6.07) is 7.18. The molecule has 5 atom stereocenters. The molecule has 2 heterocycles. The third kappa shape index (κ3) is 6.18. The fraction of sp³-hybridized carbons (Fsp3) is 0.450. The summed E-state index contributed by atoms with van der Waals surface area (Å²) in [6.45, 7) is 2.59. The molecule has 1 aromatic carbocycles. The molecular weight excluding hydrogens is 457 g/mol. The van der Waals surface area contributed by atoms with Crippen molar-refractivity contribution in [2.45, 2.75) is 44.7 Å². The number of aromatic amines is 1. The van der Waals surface area contributed by atoms with Gasteiger partial charge in [-0.25, -0.2) is 9.36 Å². The van der Waals surface area contributed by atoms with E-state index in [9.17, 15) is 24.1 Å². The SMILES string of the molecule is COC(=O)[C@H](C)NP(=O)(OC[C@H]1O[C@@H](n2cc(C)c(=O)[nH]c2=O)C[C@H]1O)Oc1ccccc1. The molecule has 1 fully saturated rings. The number of H-pyrrole nitrogens is 1. The number of nitrogens with zero attached hydrogens (tertiary/aromatic N) is 1. The molecule has 12 nitrogen and oxygen atoms in total. The number of rotatable bonds is 9. The van der Waals surface area contributed by atoms with Crippen LogP contribution in [0.15, 0.2) is 46.1 Å². The number of nitrogens with one attached hydrogen (secondary N) is 2. The average Bonchev–Trinajstić information content (AvgIpc) is 3.15. The first-order chi connectivity index (χ1) is 15.6. The molecule has 1 aromatic heterocycles. The predicted octanol–water partition coefficient (Wildman–Crippen LogP) is 0.848. The number of ether oxygens (including phenoxy) is 2. The first-order valence-corrected chi connectivity index (χ1v) is 11.7. The van der Waals surface area contributed by atoms with Gasteiger partial charge in [-0.05, 0) is 26.0 Å². The highest BCUT2D eigenvalue weighted by molar-refractivity contribution is 7.52. The summed E-state index contributed by atoms with van der Waals surface area (Å²) in [5.41, 5.74) is -0.898. The van der Waals surface area contributed by atoms with Crippen molar-refractivity contribution in [3.8, 4) is 5.75 Å². The van der Waals surface area contributed by atoms with E-state index in [-0.39, 0.29) is 18.8 Å². The molecule has 13 heteroatoms. The van der Waals surface area contributed by atoms with Crippen molar-refractivity contribution in [3.05, 3.63) is 62.9 Å². The molecular formula is C20H26N3O9P. The molecule has 2 aromatic rings. The van der Waals surface area contributed by atoms with Gasteiger partial charge in [0.15, 0.2) is 0 Å². The van der Waals surface area contributed by atoms with Gasteiger partial charge in [-0.1, -0.05) is 18.2 Å². The fourth-order valence-corrected chi connectivity index (χ4v) is 4.69. The van der Waals surface area contributed by atoms with Gasteiger partial charge >= 0.3 is 19.4 Å². The van der Waals surface area contributed by atoms with E-state index in [0.717, 1.165) is 4.57 Å². The summed E-state index contributed by atoms with van der Waals surface area (Å²) >= 11 is 0. The predicted molar refractivity (Wildman–Crippen MR) is 116 cm³/mol. The normalized spacial score (nSPS) is 23.0. The van der Waals surface area contributed by atoms with Crippen molar-refractivity contribution >= 4 is 13.7 Å².